The summed E-state index contributed by atoms with van der Waals surface area (Å²) in [6.45, 7) is 2.15. The number of aromatic nitrogens is 4. The second-order valence-electron chi connectivity index (χ2n) is 11.8. The Morgan fingerprint density at radius 3 is 2.35 bits per heavy atom. The highest BCUT2D eigenvalue weighted by atomic mass is 16.5. The van der Waals surface area contributed by atoms with Crippen LogP contribution in [0.4, 0.5) is 11.8 Å². The Balaban J connectivity index is 1.13. The number of methoxy groups -OCH3 is 1. The van der Waals surface area contributed by atoms with Gasteiger partial charge in [-0.1, -0.05) is 12.8 Å². The normalized spacial score (nSPS) is 22.9. The second-order valence-corrected chi connectivity index (χ2v) is 11.8. The number of Topliss-reactive ketones (excluding diaryl/α,β-unsaturated/α-hetero) is 1. The molecular formula is C30H42N8O2. The number of hydrogen-bond acceptors (Lipinski definition) is 9. The number of rotatable bonds is 9. The number of piperidine rings is 1. The van der Waals surface area contributed by atoms with Crippen molar-refractivity contribution in [2.24, 2.45) is 5.73 Å². The third kappa shape index (κ3) is 6.07. The Bertz CT molecular complexity index is 1290. The molecule has 1 saturated heterocycles. The van der Waals surface area contributed by atoms with Crippen molar-refractivity contribution in [3.8, 4) is 5.75 Å². The number of anilines is 2. The maximum atomic E-state index is 12.8. The summed E-state index contributed by atoms with van der Waals surface area (Å²) < 4.78 is 7.48. The van der Waals surface area contributed by atoms with Crippen molar-refractivity contribution >= 4 is 28.7 Å². The minimum atomic E-state index is 0.142. The number of likely N-dealkylation sites (tertiary alicyclic amines) is 1. The van der Waals surface area contributed by atoms with E-state index in [0.29, 0.717) is 30.6 Å². The molecule has 10 nitrogen and oxygen atoms in total. The van der Waals surface area contributed by atoms with Crippen molar-refractivity contribution in [1.29, 1.82) is 0 Å². The van der Waals surface area contributed by atoms with Gasteiger partial charge in [0.25, 0.3) is 0 Å². The fraction of sp³-hybridized carbons (Fsp3) is 0.600. The van der Waals surface area contributed by atoms with Crippen LogP contribution < -0.4 is 21.1 Å². The van der Waals surface area contributed by atoms with Crippen molar-refractivity contribution in [2.45, 2.75) is 88.4 Å². The molecule has 214 valence electrons. The Hall–Kier alpha value is -3.24. The molecule has 3 heterocycles. The first kappa shape index (κ1) is 27.0. The van der Waals surface area contributed by atoms with Crippen molar-refractivity contribution in [3.63, 3.8) is 0 Å². The number of nitrogens with two attached hydrogens (primary N) is 1. The summed E-state index contributed by atoms with van der Waals surface area (Å²) in [6, 6.07) is 8.74. The summed E-state index contributed by atoms with van der Waals surface area (Å²) in [5.74, 6) is 2.39. The lowest BCUT2D eigenvalue weighted by Gasteiger charge is -2.32. The first-order valence-electron chi connectivity index (χ1n) is 15.0. The van der Waals surface area contributed by atoms with E-state index in [1.807, 2.05) is 30.6 Å². The van der Waals surface area contributed by atoms with Crippen molar-refractivity contribution < 1.29 is 9.53 Å². The van der Waals surface area contributed by atoms with Crippen LogP contribution in [0.15, 0.2) is 30.6 Å². The average molecular weight is 547 g/mol. The molecule has 40 heavy (non-hydrogen) atoms. The molecule has 1 aromatic carbocycles. The van der Waals surface area contributed by atoms with E-state index in [1.54, 1.807) is 7.11 Å². The Kier molecular flexibility index (Phi) is 8.15. The summed E-state index contributed by atoms with van der Waals surface area (Å²) in [6.07, 6.45) is 12.8. The molecule has 0 unspecified atom stereocenters. The highest BCUT2D eigenvalue weighted by Crippen LogP contribution is 2.34. The first-order chi connectivity index (χ1) is 19.6. The van der Waals surface area contributed by atoms with E-state index < -0.39 is 0 Å². The number of imidazole rings is 1. The van der Waals surface area contributed by atoms with Gasteiger partial charge in [-0.3, -0.25) is 9.69 Å². The molecule has 0 bridgehead atoms. The van der Waals surface area contributed by atoms with Gasteiger partial charge in [-0.2, -0.15) is 9.97 Å². The second kappa shape index (κ2) is 12.1. The number of ether oxygens (including phenoxy) is 1. The standard InChI is InChI=1S/C30H42N8O2/c1-40-25-12-6-20(7-13-25)26(39)18-37-16-14-23(15-17-37)33-28-27-29(38(19-32-27)24-4-2-3-5-24)36-30(35-28)34-22-10-8-21(31)9-11-22/h6-7,12-13,19,21-24H,2-5,8-11,14-18,31H2,1H3,(H2,33,34,35,36). The Labute approximate surface area is 236 Å². The molecule has 1 aliphatic heterocycles. The molecule has 10 heteroatoms. The van der Waals surface area contributed by atoms with Gasteiger partial charge >= 0.3 is 0 Å². The summed E-state index contributed by atoms with van der Waals surface area (Å²) in [5.41, 5.74) is 8.63. The minimum Gasteiger partial charge on any atom is -0.497 e. The molecule has 2 aliphatic carbocycles. The zero-order chi connectivity index (χ0) is 27.5. The van der Waals surface area contributed by atoms with Gasteiger partial charge in [0.2, 0.25) is 5.95 Å². The predicted octanol–water partition coefficient (Wildman–Crippen LogP) is 4.39. The molecular weight excluding hydrogens is 504 g/mol. The molecule has 0 amide bonds. The number of benzene rings is 1. The SMILES string of the molecule is COc1ccc(C(=O)CN2CCC(Nc3nc(NC4CCC(N)CC4)nc4c3ncn4C3CCCC3)CC2)cc1. The highest BCUT2D eigenvalue weighted by Gasteiger charge is 2.26. The molecule has 0 spiro atoms. The number of carbonyl (C=O) groups is 1. The van der Waals surface area contributed by atoms with Gasteiger partial charge in [-0.15, -0.1) is 0 Å². The largest absolute Gasteiger partial charge is 0.497 e. The summed E-state index contributed by atoms with van der Waals surface area (Å²) in [4.78, 5) is 29.8. The summed E-state index contributed by atoms with van der Waals surface area (Å²) >= 11 is 0. The highest BCUT2D eigenvalue weighted by molar-refractivity contribution is 5.97. The topological polar surface area (TPSA) is 123 Å². The number of nitrogens with one attached hydrogen (secondary N) is 2. The molecule has 4 N–H and O–H groups in total. The van der Waals surface area contributed by atoms with Gasteiger partial charge in [-0.05, 0) is 75.6 Å². The van der Waals surface area contributed by atoms with Gasteiger partial charge in [0.05, 0.1) is 20.0 Å². The van der Waals surface area contributed by atoms with Crippen molar-refractivity contribution in [3.05, 3.63) is 36.2 Å². The minimum absolute atomic E-state index is 0.142. The lowest BCUT2D eigenvalue weighted by atomic mass is 9.92. The number of nitrogens with zero attached hydrogens (tertiary/aromatic N) is 5. The molecule has 0 radical (unpaired) electrons. The van der Waals surface area contributed by atoms with Gasteiger partial charge in [-0.25, -0.2) is 4.98 Å². The van der Waals surface area contributed by atoms with Gasteiger partial charge in [0, 0.05) is 42.8 Å². The zero-order valence-corrected chi connectivity index (χ0v) is 23.5. The molecule has 3 aliphatic rings. The number of fused-ring (bicyclic) bond motifs is 1. The average Bonchev–Trinajstić information content (AvgIpc) is 3.66. The zero-order valence-electron chi connectivity index (χ0n) is 23.5. The van der Waals surface area contributed by atoms with Crippen molar-refractivity contribution in [1.82, 2.24) is 24.4 Å². The van der Waals surface area contributed by atoms with Gasteiger partial charge in [0.15, 0.2) is 22.8 Å². The molecule has 3 aromatic rings. The number of hydrogen-bond donors (Lipinski definition) is 3. The van der Waals surface area contributed by atoms with Crippen LogP contribution in [0.5, 0.6) is 5.75 Å². The predicted molar refractivity (Wildman–Crippen MR) is 157 cm³/mol. The lowest BCUT2D eigenvalue weighted by Crippen LogP contribution is -2.41. The lowest BCUT2D eigenvalue weighted by molar-refractivity contribution is 0.0912. The van der Waals surface area contributed by atoms with Crippen LogP contribution in [0, 0.1) is 0 Å². The quantitative estimate of drug-likeness (QED) is 0.335. The smallest absolute Gasteiger partial charge is 0.227 e. The van der Waals surface area contributed by atoms with Crippen LogP contribution in [0.1, 0.15) is 80.6 Å². The first-order valence-corrected chi connectivity index (χ1v) is 15.0. The molecule has 2 saturated carbocycles. The maximum absolute atomic E-state index is 12.8. The van der Waals surface area contributed by atoms with Crippen LogP contribution in [0.3, 0.4) is 0 Å². The van der Waals surface area contributed by atoms with Crippen LogP contribution >= 0.6 is 0 Å². The van der Waals surface area contributed by atoms with Gasteiger partial charge < -0.3 is 25.7 Å². The van der Waals surface area contributed by atoms with E-state index in [4.69, 9.17) is 25.4 Å². The van der Waals surface area contributed by atoms with Crippen LogP contribution in [0.2, 0.25) is 0 Å². The van der Waals surface area contributed by atoms with E-state index in [2.05, 4.69) is 20.1 Å². The van der Waals surface area contributed by atoms with E-state index in [1.165, 1.54) is 25.7 Å². The van der Waals surface area contributed by atoms with Crippen LogP contribution in [-0.2, 0) is 0 Å². The van der Waals surface area contributed by atoms with E-state index in [-0.39, 0.29) is 11.8 Å². The third-order valence-electron chi connectivity index (χ3n) is 8.95. The summed E-state index contributed by atoms with van der Waals surface area (Å²) in [5, 5.41) is 7.34. The van der Waals surface area contributed by atoms with E-state index in [9.17, 15) is 4.79 Å². The summed E-state index contributed by atoms with van der Waals surface area (Å²) in [7, 11) is 1.63. The van der Waals surface area contributed by atoms with E-state index in [0.717, 1.165) is 79.9 Å². The van der Waals surface area contributed by atoms with Crippen molar-refractivity contribution in [2.75, 3.05) is 37.4 Å². The molecule has 6 rings (SSSR count). The van der Waals surface area contributed by atoms with Crippen LogP contribution in [0.25, 0.3) is 11.2 Å². The fourth-order valence-corrected chi connectivity index (χ4v) is 6.48. The fourth-order valence-electron chi connectivity index (χ4n) is 6.48. The monoisotopic (exact) mass is 546 g/mol. The molecule has 3 fully saturated rings. The molecule has 0 atom stereocenters. The van der Waals surface area contributed by atoms with E-state index >= 15 is 0 Å². The third-order valence-corrected chi connectivity index (χ3v) is 8.95. The Morgan fingerprint density at radius 2 is 1.65 bits per heavy atom. The number of ketones is 1. The molecule has 2 aromatic heterocycles. The Morgan fingerprint density at radius 1 is 0.950 bits per heavy atom. The number of carbonyl (C=O) groups excluding carboxylic acids is 1. The van der Waals surface area contributed by atoms with Gasteiger partial charge in [0.1, 0.15) is 5.75 Å². The maximum Gasteiger partial charge on any atom is 0.227 e. The van der Waals surface area contributed by atoms with Crippen LogP contribution in [-0.4, -0.2) is 75.1 Å².